The van der Waals surface area contributed by atoms with Gasteiger partial charge in [0, 0.05) is 16.1 Å². The van der Waals surface area contributed by atoms with Gasteiger partial charge in [0.25, 0.3) is 0 Å². The van der Waals surface area contributed by atoms with E-state index in [0.29, 0.717) is 21.8 Å². The van der Waals surface area contributed by atoms with Crippen molar-refractivity contribution >= 4 is 45.6 Å². The summed E-state index contributed by atoms with van der Waals surface area (Å²) in [4.78, 5) is 4.62. The van der Waals surface area contributed by atoms with Crippen molar-refractivity contribution in [3.05, 3.63) is 76.9 Å². The van der Waals surface area contributed by atoms with Gasteiger partial charge in [-0.05, 0) is 48.5 Å². The molecule has 0 saturated heterocycles. The van der Waals surface area contributed by atoms with Gasteiger partial charge in [0.15, 0.2) is 11.0 Å². The van der Waals surface area contributed by atoms with Gasteiger partial charge in [-0.15, -0.1) is 0 Å². The maximum absolute atomic E-state index is 6.22. The van der Waals surface area contributed by atoms with Crippen LogP contribution in [0.5, 0.6) is 0 Å². The normalized spacial score (nSPS) is 10.9. The van der Waals surface area contributed by atoms with Crippen LogP contribution in [0.3, 0.4) is 0 Å². The molecule has 2 aromatic carbocycles. The molecule has 24 heavy (non-hydrogen) atoms. The zero-order chi connectivity index (χ0) is 16.5. The van der Waals surface area contributed by atoms with Crippen LogP contribution in [0, 0.1) is 0 Å². The Balaban J connectivity index is 1.73. The predicted molar refractivity (Wildman–Crippen MR) is 98.6 cm³/mol. The van der Waals surface area contributed by atoms with Gasteiger partial charge in [-0.25, -0.2) is 9.67 Å². The molecule has 118 valence electrons. The molecule has 0 spiro atoms. The average molecular weight is 355 g/mol. The van der Waals surface area contributed by atoms with Crippen LogP contribution < -0.4 is 5.32 Å². The quantitative estimate of drug-likeness (QED) is 0.530. The summed E-state index contributed by atoms with van der Waals surface area (Å²) in [6.07, 6.45) is 0. The third-order valence-electron chi connectivity index (χ3n) is 3.61. The summed E-state index contributed by atoms with van der Waals surface area (Å²) in [5, 5.41) is 9.70. The van der Waals surface area contributed by atoms with E-state index in [0.717, 1.165) is 16.6 Å². The molecule has 0 aliphatic heterocycles. The van der Waals surface area contributed by atoms with Crippen molar-refractivity contribution < 1.29 is 0 Å². The van der Waals surface area contributed by atoms with Crippen LogP contribution in [0.4, 0.5) is 11.5 Å². The van der Waals surface area contributed by atoms with E-state index in [1.165, 1.54) is 0 Å². The van der Waals surface area contributed by atoms with Crippen molar-refractivity contribution in [3.8, 4) is 5.82 Å². The lowest BCUT2D eigenvalue weighted by atomic mass is 10.2. The van der Waals surface area contributed by atoms with Crippen LogP contribution in [-0.4, -0.2) is 14.8 Å². The third kappa shape index (κ3) is 2.82. The summed E-state index contributed by atoms with van der Waals surface area (Å²) in [6, 6.07) is 21.0. The summed E-state index contributed by atoms with van der Waals surface area (Å²) >= 11 is 12.1. The smallest absolute Gasteiger partial charge is 0.159 e. The zero-order valence-corrected chi connectivity index (χ0v) is 14.0. The van der Waals surface area contributed by atoms with E-state index in [-0.39, 0.29) is 0 Å². The van der Waals surface area contributed by atoms with Gasteiger partial charge < -0.3 is 5.32 Å². The fourth-order valence-electron chi connectivity index (χ4n) is 2.49. The first-order chi connectivity index (χ1) is 11.7. The van der Waals surface area contributed by atoms with Gasteiger partial charge in [0.1, 0.15) is 5.82 Å². The Hall–Kier alpha value is -2.56. The van der Waals surface area contributed by atoms with Crippen LogP contribution in [0.2, 0.25) is 10.2 Å². The number of benzene rings is 2. The molecule has 0 radical (unpaired) electrons. The van der Waals surface area contributed by atoms with Crippen LogP contribution in [0.15, 0.2) is 66.7 Å². The highest BCUT2D eigenvalue weighted by Gasteiger charge is 2.10. The Morgan fingerprint density at radius 2 is 1.62 bits per heavy atom. The number of para-hydroxylation sites is 1. The second-order valence-electron chi connectivity index (χ2n) is 5.23. The summed E-state index contributed by atoms with van der Waals surface area (Å²) < 4.78 is 1.74. The van der Waals surface area contributed by atoms with Crippen LogP contribution >= 0.6 is 23.2 Å². The topological polar surface area (TPSA) is 42.7 Å². The number of halogens is 2. The molecular weight excluding hydrogens is 343 g/mol. The average Bonchev–Trinajstić information content (AvgIpc) is 2.95. The number of rotatable bonds is 3. The van der Waals surface area contributed by atoms with Gasteiger partial charge >= 0.3 is 0 Å². The van der Waals surface area contributed by atoms with Crippen molar-refractivity contribution in [2.75, 3.05) is 5.32 Å². The fraction of sp³-hybridized carbons (Fsp3) is 0. The second kappa shape index (κ2) is 6.15. The lowest BCUT2D eigenvalue weighted by Gasteiger charge is -2.08. The van der Waals surface area contributed by atoms with Crippen LogP contribution in [-0.2, 0) is 0 Å². The number of nitrogens with zero attached hydrogens (tertiary/aromatic N) is 3. The Morgan fingerprint density at radius 3 is 2.46 bits per heavy atom. The van der Waals surface area contributed by atoms with Crippen molar-refractivity contribution in [2.45, 2.75) is 0 Å². The number of nitrogens with one attached hydrogen (secondary N) is 1. The molecule has 4 nitrogen and oxygen atoms in total. The number of aromatic nitrogens is 3. The molecule has 0 atom stereocenters. The van der Waals surface area contributed by atoms with Crippen molar-refractivity contribution in [1.29, 1.82) is 0 Å². The van der Waals surface area contributed by atoms with Crippen LogP contribution in [0.25, 0.3) is 16.7 Å². The Morgan fingerprint density at radius 1 is 0.833 bits per heavy atom. The molecule has 0 fully saturated rings. The van der Waals surface area contributed by atoms with E-state index >= 15 is 0 Å². The Kier molecular flexibility index (Phi) is 3.84. The fourth-order valence-corrected chi connectivity index (χ4v) is 2.86. The molecule has 2 heterocycles. The standard InChI is InChI=1S/C18H12Cl2N4/c19-12-8-10-13(11-9-12)21-16-6-3-7-17(22-16)24-15-5-2-1-4-14(15)18(20)23-24/h1-11H,(H,21,22). The molecule has 0 aliphatic carbocycles. The first-order valence-electron chi connectivity index (χ1n) is 7.34. The number of fused-ring (bicyclic) bond motifs is 1. The summed E-state index contributed by atoms with van der Waals surface area (Å²) in [5.74, 6) is 1.41. The molecule has 0 unspecified atom stereocenters. The Labute approximate surface area is 148 Å². The van der Waals surface area contributed by atoms with E-state index < -0.39 is 0 Å². The van der Waals surface area contributed by atoms with Crippen molar-refractivity contribution in [2.24, 2.45) is 0 Å². The number of pyridine rings is 1. The number of hydrogen-bond acceptors (Lipinski definition) is 3. The van der Waals surface area contributed by atoms with Crippen molar-refractivity contribution in [3.63, 3.8) is 0 Å². The van der Waals surface area contributed by atoms with Gasteiger partial charge in [-0.1, -0.05) is 41.4 Å². The molecule has 6 heteroatoms. The highest BCUT2D eigenvalue weighted by atomic mass is 35.5. The van der Waals surface area contributed by atoms with Gasteiger partial charge in [-0.3, -0.25) is 0 Å². The lowest BCUT2D eigenvalue weighted by molar-refractivity contribution is 0.876. The zero-order valence-electron chi connectivity index (χ0n) is 12.4. The lowest BCUT2D eigenvalue weighted by Crippen LogP contribution is -2.02. The molecule has 4 aromatic rings. The van der Waals surface area contributed by atoms with Gasteiger partial charge in [0.2, 0.25) is 0 Å². The molecule has 1 N–H and O–H groups in total. The molecule has 0 amide bonds. The first-order valence-corrected chi connectivity index (χ1v) is 8.09. The third-order valence-corrected chi connectivity index (χ3v) is 4.14. The van der Waals surface area contributed by atoms with E-state index in [9.17, 15) is 0 Å². The SMILES string of the molecule is Clc1ccc(Nc2cccc(-n3nc(Cl)c4ccccc43)n2)cc1. The summed E-state index contributed by atoms with van der Waals surface area (Å²) in [7, 11) is 0. The van der Waals surface area contributed by atoms with E-state index in [2.05, 4.69) is 15.4 Å². The van der Waals surface area contributed by atoms with E-state index in [1.807, 2.05) is 66.7 Å². The van der Waals surface area contributed by atoms with Crippen molar-refractivity contribution in [1.82, 2.24) is 14.8 Å². The molecule has 2 aromatic heterocycles. The maximum atomic E-state index is 6.22. The Bertz CT molecular complexity index is 1010. The monoisotopic (exact) mass is 354 g/mol. The minimum absolute atomic E-state index is 0.462. The second-order valence-corrected chi connectivity index (χ2v) is 6.03. The molecule has 0 saturated carbocycles. The number of hydrogen-bond donors (Lipinski definition) is 1. The van der Waals surface area contributed by atoms with Gasteiger partial charge in [-0.2, -0.15) is 5.10 Å². The minimum Gasteiger partial charge on any atom is -0.340 e. The predicted octanol–water partition coefficient (Wildman–Crippen LogP) is 5.47. The largest absolute Gasteiger partial charge is 0.340 e. The van der Waals surface area contributed by atoms with E-state index in [4.69, 9.17) is 23.2 Å². The highest BCUT2D eigenvalue weighted by Crippen LogP contribution is 2.25. The molecular formula is C18H12Cl2N4. The summed E-state index contributed by atoms with van der Waals surface area (Å²) in [6.45, 7) is 0. The number of anilines is 2. The highest BCUT2D eigenvalue weighted by molar-refractivity contribution is 6.34. The molecule has 0 aliphatic rings. The van der Waals surface area contributed by atoms with E-state index in [1.54, 1.807) is 4.68 Å². The van der Waals surface area contributed by atoms with Crippen LogP contribution in [0.1, 0.15) is 0 Å². The minimum atomic E-state index is 0.462. The first kappa shape index (κ1) is 15.0. The molecule has 0 bridgehead atoms. The summed E-state index contributed by atoms with van der Waals surface area (Å²) in [5.41, 5.74) is 1.83. The molecule has 4 rings (SSSR count). The van der Waals surface area contributed by atoms with Gasteiger partial charge in [0.05, 0.1) is 5.52 Å². The maximum Gasteiger partial charge on any atom is 0.159 e.